The molecule has 5 nitrogen and oxygen atoms in total. The first-order chi connectivity index (χ1) is 5.02. The molecule has 0 bridgehead atoms. The van der Waals surface area contributed by atoms with Crippen molar-refractivity contribution in [1.29, 1.82) is 0 Å². The highest BCUT2D eigenvalue weighted by Gasteiger charge is 2.01. The minimum Gasteiger partial charge on any atom is -0.448 e. The van der Waals surface area contributed by atoms with Gasteiger partial charge in [-0.1, -0.05) is 13.8 Å². The molecule has 0 aromatic heterocycles. The van der Waals surface area contributed by atoms with Crippen molar-refractivity contribution in [2.75, 3.05) is 6.61 Å². The highest BCUT2D eigenvalue weighted by atomic mass is 16.5. The number of nitrogens with zero attached hydrogens (tertiary/aromatic N) is 1. The van der Waals surface area contributed by atoms with E-state index in [-0.39, 0.29) is 11.9 Å². The van der Waals surface area contributed by atoms with Crippen LogP contribution in [0.25, 0.3) is 0 Å². The van der Waals surface area contributed by atoms with E-state index in [4.69, 9.17) is 11.5 Å². The van der Waals surface area contributed by atoms with Crippen molar-refractivity contribution in [1.82, 2.24) is 0 Å². The van der Waals surface area contributed by atoms with Gasteiger partial charge >= 0.3 is 6.09 Å². The van der Waals surface area contributed by atoms with Crippen LogP contribution < -0.4 is 11.5 Å². The quantitative estimate of drug-likeness (QED) is 0.440. The molecule has 0 fully saturated rings. The van der Waals surface area contributed by atoms with Crippen LogP contribution in [0, 0.1) is 5.92 Å². The van der Waals surface area contributed by atoms with Crippen molar-refractivity contribution in [2.45, 2.75) is 13.8 Å². The molecule has 0 radical (unpaired) electrons. The predicted molar refractivity (Wildman–Crippen MR) is 42.0 cm³/mol. The van der Waals surface area contributed by atoms with E-state index in [1.54, 1.807) is 0 Å². The van der Waals surface area contributed by atoms with Crippen LogP contribution in [0.15, 0.2) is 4.99 Å². The Morgan fingerprint density at radius 2 is 2.09 bits per heavy atom. The molecule has 0 spiro atoms. The van der Waals surface area contributed by atoms with E-state index < -0.39 is 6.09 Å². The molecule has 0 aliphatic rings. The zero-order valence-electron chi connectivity index (χ0n) is 6.70. The van der Waals surface area contributed by atoms with Gasteiger partial charge < -0.3 is 16.2 Å². The summed E-state index contributed by atoms with van der Waals surface area (Å²) in [5, 5.41) is 0. The Hall–Kier alpha value is -1.26. The van der Waals surface area contributed by atoms with Crippen LogP contribution in [0.1, 0.15) is 13.8 Å². The van der Waals surface area contributed by atoms with Crippen molar-refractivity contribution in [3.63, 3.8) is 0 Å². The van der Waals surface area contributed by atoms with E-state index in [2.05, 4.69) is 9.73 Å². The van der Waals surface area contributed by atoms with E-state index in [9.17, 15) is 4.79 Å². The molecule has 11 heavy (non-hydrogen) atoms. The number of hydrogen-bond acceptors (Lipinski definition) is 2. The second kappa shape index (κ2) is 4.54. The maximum Gasteiger partial charge on any atom is 0.436 e. The Balaban J connectivity index is 3.63. The van der Waals surface area contributed by atoms with Crippen LogP contribution in [-0.2, 0) is 4.74 Å². The number of carbonyl (C=O) groups excluding carboxylic acids is 1. The fourth-order valence-corrected chi connectivity index (χ4v) is 0.376. The molecule has 1 amide bonds. The van der Waals surface area contributed by atoms with Gasteiger partial charge in [0.25, 0.3) is 0 Å². The lowest BCUT2D eigenvalue weighted by Crippen LogP contribution is -2.24. The molecular weight excluding hydrogens is 146 g/mol. The van der Waals surface area contributed by atoms with Crippen molar-refractivity contribution < 1.29 is 9.53 Å². The van der Waals surface area contributed by atoms with Crippen molar-refractivity contribution in [3.05, 3.63) is 0 Å². The van der Waals surface area contributed by atoms with E-state index in [1.807, 2.05) is 13.8 Å². The van der Waals surface area contributed by atoms with Crippen LogP contribution in [0.5, 0.6) is 0 Å². The van der Waals surface area contributed by atoms with Crippen LogP contribution >= 0.6 is 0 Å². The first-order valence-corrected chi connectivity index (χ1v) is 3.28. The smallest absolute Gasteiger partial charge is 0.436 e. The molecule has 0 aliphatic carbocycles. The summed E-state index contributed by atoms with van der Waals surface area (Å²) in [7, 11) is 0. The van der Waals surface area contributed by atoms with Gasteiger partial charge in [0.1, 0.15) is 0 Å². The van der Waals surface area contributed by atoms with E-state index in [0.717, 1.165) is 0 Å². The number of aliphatic imine (C=N–C) groups is 1. The van der Waals surface area contributed by atoms with Crippen LogP contribution in [-0.4, -0.2) is 18.7 Å². The van der Waals surface area contributed by atoms with Crippen LogP contribution in [0.4, 0.5) is 4.79 Å². The third kappa shape index (κ3) is 6.63. The average molecular weight is 159 g/mol. The maximum atomic E-state index is 10.6. The number of rotatable bonds is 2. The number of hydrogen-bond donors (Lipinski definition) is 2. The van der Waals surface area contributed by atoms with Crippen molar-refractivity contribution in [3.8, 4) is 0 Å². The Kier molecular flexibility index (Phi) is 4.02. The number of carbonyl (C=O) groups is 1. The number of nitrogens with two attached hydrogens (primary N) is 2. The monoisotopic (exact) mass is 159 g/mol. The molecule has 0 heterocycles. The van der Waals surface area contributed by atoms with Gasteiger partial charge in [-0.3, -0.25) is 0 Å². The molecular formula is C6H13N3O2. The molecule has 0 atom stereocenters. The summed E-state index contributed by atoms with van der Waals surface area (Å²) in [6.45, 7) is 4.17. The molecule has 0 saturated heterocycles. The predicted octanol–water partition coefficient (Wildman–Crippen LogP) is 0.0524. The lowest BCUT2D eigenvalue weighted by Gasteiger charge is -2.02. The largest absolute Gasteiger partial charge is 0.448 e. The van der Waals surface area contributed by atoms with Gasteiger partial charge in [-0.05, 0) is 5.92 Å². The van der Waals surface area contributed by atoms with Gasteiger partial charge in [0.05, 0.1) is 6.61 Å². The Morgan fingerprint density at radius 3 is 2.45 bits per heavy atom. The number of amides is 1. The number of ether oxygens (including phenoxy) is 1. The standard InChI is InChI=1S/C6H13N3O2/c1-4(2)3-11-6(10)9-5(7)8/h4H,3H2,1-2H3,(H4,7,8,9,10). The minimum absolute atomic E-state index is 0.279. The van der Waals surface area contributed by atoms with Crippen molar-refractivity contribution >= 4 is 12.1 Å². The van der Waals surface area contributed by atoms with E-state index in [0.29, 0.717) is 6.61 Å². The third-order valence-corrected chi connectivity index (χ3v) is 0.761. The highest BCUT2D eigenvalue weighted by Crippen LogP contribution is 1.93. The first kappa shape index (κ1) is 9.74. The summed E-state index contributed by atoms with van der Waals surface area (Å²) in [5.41, 5.74) is 9.85. The Labute approximate surface area is 65.4 Å². The lowest BCUT2D eigenvalue weighted by molar-refractivity contribution is 0.143. The molecule has 0 rings (SSSR count). The van der Waals surface area contributed by atoms with Crippen molar-refractivity contribution in [2.24, 2.45) is 22.4 Å². The summed E-state index contributed by atoms with van der Waals surface area (Å²) in [6.07, 6.45) is -0.737. The van der Waals surface area contributed by atoms with Gasteiger partial charge in [0.2, 0.25) is 0 Å². The molecule has 0 aliphatic heterocycles. The van der Waals surface area contributed by atoms with Gasteiger partial charge in [0, 0.05) is 0 Å². The maximum absolute atomic E-state index is 10.6. The second-order valence-corrected chi connectivity index (χ2v) is 2.51. The van der Waals surface area contributed by atoms with Crippen LogP contribution in [0.3, 0.4) is 0 Å². The third-order valence-electron chi connectivity index (χ3n) is 0.761. The molecule has 4 N–H and O–H groups in total. The second-order valence-electron chi connectivity index (χ2n) is 2.51. The van der Waals surface area contributed by atoms with Gasteiger partial charge in [-0.25, -0.2) is 4.79 Å². The molecule has 0 unspecified atom stereocenters. The van der Waals surface area contributed by atoms with Gasteiger partial charge in [-0.2, -0.15) is 0 Å². The summed E-state index contributed by atoms with van der Waals surface area (Å²) in [5.74, 6) is 0.00639. The summed E-state index contributed by atoms with van der Waals surface area (Å²) in [4.78, 5) is 13.7. The summed E-state index contributed by atoms with van der Waals surface area (Å²) >= 11 is 0. The normalized spacial score (nSPS) is 9.36. The highest BCUT2D eigenvalue weighted by molar-refractivity contribution is 5.87. The Bertz CT molecular complexity index is 161. The SMILES string of the molecule is CC(C)COC(=O)N=C(N)N. The van der Waals surface area contributed by atoms with E-state index >= 15 is 0 Å². The fraction of sp³-hybridized carbons (Fsp3) is 0.667. The molecule has 0 saturated carbocycles. The molecule has 5 heteroatoms. The Morgan fingerprint density at radius 1 is 1.55 bits per heavy atom. The topological polar surface area (TPSA) is 90.7 Å². The first-order valence-electron chi connectivity index (χ1n) is 3.28. The van der Waals surface area contributed by atoms with Gasteiger partial charge in [-0.15, -0.1) is 4.99 Å². The van der Waals surface area contributed by atoms with Gasteiger partial charge in [0.15, 0.2) is 5.96 Å². The molecule has 0 aromatic rings. The minimum atomic E-state index is -0.737. The zero-order chi connectivity index (χ0) is 8.85. The van der Waals surface area contributed by atoms with Crippen LogP contribution in [0.2, 0.25) is 0 Å². The lowest BCUT2D eigenvalue weighted by atomic mass is 10.2. The molecule has 64 valence electrons. The fourth-order valence-electron chi connectivity index (χ4n) is 0.376. The number of guanidine groups is 1. The summed E-state index contributed by atoms with van der Waals surface area (Å²) in [6, 6.07) is 0. The van der Waals surface area contributed by atoms with E-state index in [1.165, 1.54) is 0 Å². The zero-order valence-corrected chi connectivity index (χ0v) is 6.70. The molecule has 0 aromatic carbocycles. The average Bonchev–Trinajstić information content (AvgIpc) is 1.82. The summed E-state index contributed by atoms with van der Waals surface area (Å²) < 4.78 is 4.63.